The van der Waals surface area contributed by atoms with Crippen molar-refractivity contribution < 1.29 is 0 Å². The minimum Gasteiger partial charge on any atom is -0.365 e. The Balaban J connectivity index is 1.61. The maximum absolute atomic E-state index is 4.42. The van der Waals surface area contributed by atoms with Crippen molar-refractivity contribution in [2.45, 2.75) is 31.2 Å². The molecule has 5 nitrogen and oxygen atoms in total. The Labute approximate surface area is 114 Å². The highest BCUT2D eigenvalue weighted by Gasteiger charge is 2.20. The molecule has 2 atom stereocenters. The minimum absolute atomic E-state index is 0.501. The van der Waals surface area contributed by atoms with Gasteiger partial charge in [-0.05, 0) is 51.5 Å². The Hall–Kier alpha value is -1.20. The molecule has 0 amide bonds. The predicted octanol–water partition coefficient (Wildman–Crippen LogP) is 1.06. The maximum atomic E-state index is 4.42. The standard InChI is InChI=1S/C14H23N5/c1-19-8-2-3-11(10-19)13-4-5-14(18-17-13)16-12-6-7-15-9-12/h4-5,11-12,15H,2-3,6-10H2,1H3,(H,16,18). The average Bonchev–Trinajstić information content (AvgIpc) is 2.92. The average molecular weight is 261 g/mol. The first-order valence-corrected chi connectivity index (χ1v) is 7.31. The van der Waals surface area contributed by atoms with E-state index < -0.39 is 0 Å². The van der Waals surface area contributed by atoms with Gasteiger partial charge in [0.2, 0.25) is 0 Å². The highest BCUT2D eigenvalue weighted by molar-refractivity contribution is 5.35. The van der Waals surface area contributed by atoms with E-state index in [-0.39, 0.29) is 0 Å². The third-order valence-electron chi connectivity index (χ3n) is 4.14. The van der Waals surface area contributed by atoms with Crippen molar-refractivity contribution in [3.63, 3.8) is 0 Å². The Kier molecular flexibility index (Phi) is 3.94. The summed E-state index contributed by atoms with van der Waals surface area (Å²) in [4.78, 5) is 2.38. The summed E-state index contributed by atoms with van der Waals surface area (Å²) in [6, 6.07) is 4.72. The van der Waals surface area contributed by atoms with Gasteiger partial charge in [0.05, 0.1) is 5.69 Å². The summed E-state index contributed by atoms with van der Waals surface area (Å²) in [6.07, 6.45) is 3.66. The Morgan fingerprint density at radius 1 is 1.32 bits per heavy atom. The van der Waals surface area contributed by atoms with Crippen LogP contribution in [-0.4, -0.2) is 54.4 Å². The van der Waals surface area contributed by atoms with E-state index >= 15 is 0 Å². The van der Waals surface area contributed by atoms with Crippen LogP contribution in [0.25, 0.3) is 0 Å². The van der Waals surface area contributed by atoms with Gasteiger partial charge in [0, 0.05) is 25.0 Å². The van der Waals surface area contributed by atoms with E-state index in [9.17, 15) is 0 Å². The lowest BCUT2D eigenvalue weighted by molar-refractivity contribution is 0.248. The zero-order valence-corrected chi connectivity index (χ0v) is 11.6. The van der Waals surface area contributed by atoms with Gasteiger partial charge in [0.1, 0.15) is 5.82 Å². The molecule has 19 heavy (non-hydrogen) atoms. The van der Waals surface area contributed by atoms with Crippen LogP contribution in [0.1, 0.15) is 30.9 Å². The molecular weight excluding hydrogens is 238 g/mol. The second-order valence-electron chi connectivity index (χ2n) is 5.78. The molecule has 1 aromatic rings. The Morgan fingerprint density at radius 2 is 2.26 bits per heavy atom. The van der Waals surface area contributed by atoms with E-state index in [4.69, 9.17) is 0 Å². The highest BCUT2D eigenvalue weighted by atomic mass is 15.2. The third-order valence-corrected chi connectivity index (χ3v) is 4.14. The number of anilines is 1. The van der Waals surface area contributed by atoms with Crippen molar-refractivity contribution in [3.05, 3.63) is 17.8 Å². The van der Waals surface area contributed by atoms with Crippen LogP contribution in [0.15, 0.2) is 12.1 Å². The number of piperidine rings is 1. The van der Waals surface area contributed by atoms with E-state index in [0.29, 0.717) is 12.0 Å². The fourth-order valence-corrected chi connectivity index (χ4v) is 3.03. The van der Waals surface area contributed by atoms with Crippen LogP contribution < -0.4 is 10.6 Å². The van der Waals surface area contributed by atoms with Crippen LogP contribution in [0.3, 0.4) is 0 Å². The lowest BCUT2D eigenvalue weighted by Crippen LogP contribution is -2.31. The quantitative estimate of drug-likeness (QED) is 0.852. The van der Waals surface area contributed by atoms with Crippen LogP contribution >= 0.6 is 0 Å². The predicted molar refractivity (Wildman–Crippen MR) is 76.4 cm³/mol. The van der Waals surface area contributed by atoms with Gasteiger partial charge in [-0.2, -0.15) is 5.10 Å². The van der Waals surface area contributed by atoms with E-state index in [0.717, 1.165) is 37.6 Å². The van der Waals surface area contributed by atoms with E-state index in [1.54, 1.807) is 0 Å². The van der Waals surface area contributed by atoms with E-state index in [1.165, 1.54) is 19.4 Å². The van der Waals surface area contributed by atoms with Gasteiger partial charge in [-0.3, -0.25) is 0 Å². The minimum atomic E-state index is 0.501. The molecule has 104 valence electrons. The van der Waals surface area contributed by atoms with Gasteiger partial charge in [0.25, 0.3) is 0 Å². The molecule has 5 heteroatoms. The first-order valence-electron chi connectivity index (χ1n) is 7.31. The van der Waals surface area contributed by atoms with Crippen molar-refractivity contribution in [2.75, 3.05) is 38.5 Å². The number of hydrogen-bond donors (Lipinski definition) is 2. The Bertz CT molecular complexity index is 399. The van der Waals surface area contributed by atoms with Crippen molar-refractivity contribution >= 4 is 5.82 Å². The van der Waals surface area contributed by atoms with Crippen LogP contribution in [-0.2, 0) is 0 Å². The largest absolute Gasteiger partial charge is 0.365 e. The Morgan fingerprint density at radius 3 is 2.95 bits per heavy atom. The summed E-state index contributed by atoms with van der Waals surface area (Å²) in [5.41, 5.74) is 1.14. The molecule has 2 N–H and O–H groups in total. The molecule has 3 rings (SSSR count). The van der Waals surface area contributed by atoms with Crippen LogP contribution in [0.4, 0.5) is 5.82 Å². The lowest BCUT2D eigenvalue weighted by Gasteiger charge is -2.29. The molecule has 0 bridgehead atoms. The number of rotatable bonds is 3. The van der Waals surface area contributed by atoms with Gasteiger partial charge in [-0.1, -0.05) is 0 Å². The molecule has 3 heterocycles. The van der Waals surface area contributed by atoms with E-state index in [1.807, 2.05) is 0 Å². The molecule has 0 spiro atoms. The fraction of sp³-hybridized carbons (Fsp3) is 0.714. The summed E-state index contributed by atoms with van der Waals surface area (Å²) >= 11 is 0. The second kappa shape index (κ2) is 5.84. The van der Waals surface area contributed by atoms with Crippen molar-refractivity contribution in [3.8, 4) is 0 Å². The first kappa shape index (κ1) is 12.8. The maximum Gasteiger partial charge on any atom is 0.148 e. The molecule has 0 radical (unpaired) electrons. The zero-order valence-electron chi connectivity index (χ0n) is 11.6. The zero-order chi connectivity index (χ0) is 13.1. The topological polar surface area (TPSA) is 53.1 Å². The molecule has 2 saturated heterocycles. The van der Waals surface area contributed by atoms with Crippen molar-refractivity contribution in [1.29, 1.82) is 0 Å². The molecule has 0 aliphatic carbocycles. The highest BCUT2D eigenvalue weighted by Crippen LogP contribution is 2.24. The second-order valence-corrected chi connectivity index (χ2v) is 5.78. The number of likely N-dealkylation sites (tertiary alicyclic amines) is 1. The smallest absolute Gasteiger partial charge is 0.148 e. The summed E-state index contributed by atoms with van der Waals surface area (Å²) in [5, 5.41) is 15.5. The fourth-order valence-electron chi connectivity index (χ4n) is 3.03. The molecular formula is C14H23N5. The van der Waals surface area contributed by atoms with Crippen molar-refractivity contribution in [2.24, 2.45) is 0 Å². The van der Waals surface area contributed by atoms with Gasteiger partial charge in [0.15, 0.2) is 0 Å². The number of hydrogen-bond acceptors (Lipinski definition) is 5. The third kappa shape index (κ3) is 3.22. The monoisotopic (exact) mass is 261 g/mol. The van der Waals surface area contributed by atoms with Gasteiger partial charge in [-0.15, -0.1) is 5.10 Å². The summed E-state index contributed by atoms with van der Waals surface area (Å²) < 4.78 is 0. The molecule has 0 saturated carbocycles. The number of likely N-dealkylation sites (N-methyl/N-ethyl adjacent to an activating group) is 1. The summed E-state index contributed by atoms with van der Waals surface area (Å²) in [7, 11) is 2.18. The lowest BCUT2D eigenvalue weighted by atomic mass is 9.95. The normalized spacial score (nSPS) is 28.5. The first-order chi connectivity index (χ1) is 9.31. The molecule has 2 unspecified atom stereocenters. The molecule has 2 fully saturated rings. The van der Waals surface area contributed by atoms with Crippen LogP contribution in [0, 0.1) is 0 Å². The molecule has 2 aliphatic heterocycles. The number of nitrogens with one attached hydrogen (secondary N) is 2. The SMILES string of the molecule is CN1CCCC(c2ccc(NC3CCNC3)nn2)C1. The molecule has 2 aliphatic rings. The molecule has 0 aromatic carbocycles. The van der Waals surface area contributed by atoms with Crippen molar-refractivity contribution in [1.82, 2.24) is 20.4 Å². The van der Waals surface area contributed by atoms with Gasteiger partial charge in [-0.25, -0.2) is 0 Å². The molecule has 1 aromatic heterocycles. The summed E-state index contributed by atoms with van der Waals surface area (Å²) in [5.74, 6) is 1.45. The van der Waals surface area contributed by atoms with Crippen LogP contribution in [0.2, 0.25) is 0 Å². The van der Waals surface area contributed by atoms with E-state index in [2.05, 4.69) is 44.9 Å². The number of aromatic nitrogens is 2. The van der Waals surface area contributed by atoms with Crippen LogP contribution in [0.5, 0.6) is 0 Å². The van der Waals surface area contributed by atoms with Gasteiger partial charge < -0.3 is 15.5 Å². The summed E-state index contributed by atoms with van der Waals surface area (Å²) in [6.45, 7) is 4.43. The number of nitrogens with zero attached hydrogens (tertiary/aromatic N) is 3. The van der Waals surface area contributed by atoms with Gasteiger partial charge >= 0.3 is 0 Å².